The zero-order chi connectivity index (χ0) is 10.7. The summed E-state index contributed by atoms with van der Waals surface area (Å²) in [6.07, 6.45) is 9.34. The van der Waals surface area contributed by atoms with E-state index in [1.165, 1.54) is 25.7 Å². The molecule has 0 saturated heterocycles. The first-order valence-corrected chi connectivity index (χ1v) is 6.81. The van der Waals surface area contributed by atoms with Gasteiger partial charge in [0, 0.05) is 11.6 Å². The molecule has 0 aromatic carbocycles. The third kappa shape index (κ3) is 2.40. The van der Waals surface area contributed by atoms with Crippen LogP contribution in [0.2, 0.25) is 0 Å². The molecule has 2 rings (SSSR count). The van der Waals surface area contributed by atoms with Crippen LogP contribution in [0.5, 0.6) is 0 Å². The molecule has 1 aliphatic rings. The Morgan fingerprint density at radius 1 is 1.53 bits per heavy atom. The van der Waals surface area contributed by atoms with Crippen molar-refractivity contribution in [1.82, 2.24) is 4.98 Å². The molecule has 1 aromatic heterocycles. The van der Waals surface area contributed by atoms with Crippen LogP contribution in [0, 0.1) is 5.92 Å². The molecule has 0 unspecified atom stereocenters. The quantitative estimate of drug-likeness (QED) is 0.855. The fourth-order valence-corrected chi connectivity index (χ4v) is 3.38. The summed E-state index contributed by atoms with van der Waals surface area (Å²) < 4.78 is 0. The van der Waals surface area contributed by atoms with Crippen molar-refractivity contribution in [2.75, 3.05) is 0 Å². The van der Waals surface area contributed by atoms with Crippen molar-refractivity contribution < 1.29 is 0 Å². The molecule has 15 heavy (non-hydrogen) atoms. The van der Waals surface area contributed by atoms with Gasteiger partial charge in [-0.3, -0.25) is 0 Å². The third-order valence-electron chi connectivity index (χ3n) is 3.55. The number of aromatic nitrogens is 1. The van der Waals surface area contributed by atoms with Gasteiger partial charge in [-0.2, -0.15) is 0 Å². The maximum Gasteiger partial charge on any atom is 0.112 e. The van der Waals surface area contributed by atoms with Crippen LogP contribution in [0.15, 0.2) is 11.6 Å². The lowest BCUT2D eigenvalue weighted by molar-refractivity contribution is 0.226. The molecule has 1 fully saturated rings. The number of nitrogens with two attached hydrogens (primary N) is 1. The Morgan fingerprint density at radius 2 is 2.27 bits per heavy atom. The Balaban J connectivity index is 1.97. The second-order valence-corrected chi connectivity index (χ2v) is 5.62. The highest BCUT2D eigenvalue weighted by Gasteiger charge is 2.34. The van der Waals surface area contributed by atoms with Crippen LogP contribution in [0.3, 0.4) is 0 Å². The van der Waals surface area contributed by atoms with Crippen LogP contribution >= 0.6 is 11.3 Å². The van der Waals surface area contributed by atoms with E-state index in [2.05, 4.69) is 11.9 Å². The first-order chi connectivity index (χ1) is 7.24. The van der Waals surface area contributed by atoms with Gasteiger partial charge in [-0.15, -0.1) is 11.3 Å². The minimum absolute atomic E-state index is 0.113. The Bertz CT molecular complexity index is 287. The highest BCUT2D eigenvalue weighted by Crippen LogP contribution is 2.39. The van der Waals surface area contributed by atoms with E-state index in [4.69, 9.17) is 5.73 Å². The van der Waals surface area contributed by atoms with Gasteiger partial charge in [0.1, 0.15) is 5.01 Å². The van der Waals surface area contributed by atoms with E-state index >= 15 is 0 Å². The summed E-state index contributed by atoms with van der Waals surface area (Å²) >= 11 is 1.71. The van der Waals surface area contributed by atoms with Crippen molar-refractivity contribution in [1.29, 1.82) is 0 Å². The average Bonchev–Trinajstić information content (AvgIpc) is 2.76. The smallest absolute Gasteiger partial charge is 0.112 e. The first kappa shape index (κ1) is 11.1. The van der Waals surface area contributed by atoms with E-state index in [-0.39, 0.29) is 5.54 Å². The Labute approximate surface area is 95.9 Å². The van der Waals surface area contributed by atoms with E-state index in [9.17, 15) is 0 Å². The Kier molecular flexibility index (Phi) is 3.42. The van der Waals surface area contributed by atoms with Crippen LogP contribution in [-0.2, 0) is 5.54 Å². The van der Waals surface area contributed by atoms with E-state index in [0.29, 0.717) is 0 Å². The largest absolute Gasteiger partial charge is 0.319 e. The molecule has 0 spiro atoms. The van der Waals surface area contributed by atoms with E-state index in [1.807, 2.05) is 11.6 Å². The molecule has 1 aliphatic carbocycles. The highest BCUT2D eigenvalue weighted by atomic mass is 32.1. The standard InChI is InChI=1S/C12H20N2S/c1-2-3-10-4-6-12(13,7-5-10)11-14-8-9-15-11/h8-10H,2-7,13H2,1H3. The van der Waals surface area contributed by atoms with Crippen LogP contribution < -0.4 is 5.73 Å². The summed E-state index contributed by atoms with van der Waals surface area (Å²) in [4.78, 5) is 4.38. The monoisotopic (exact) mass is 224 g/mol. The van der Waals surface area contributed by atoms with Gasteiger partial charge in [0.15, 0.2) is 0 Å². The van der Waals surface area contributed by atoms with Crippen LogP contribution in [-0.4, -0.2) is 4.98 Å². The van der Waals surface area contributed by atoms with Gasteiger partial charge >= 0.3 is 0 Å². The van der Waals surface area contributed by atoms with Gasteiger partial charge < -0.3 is 5.73 Å². The minimum atomic E-state index is -0.113. The van der Waals surface area contributed by atoms with E-state index < -0.39 is 0 Å². The van der Waals surface area contributed by atoms with Crippen LogP contribution in [0.25, 0.3) is 0 Å². The van der Waals surface area contributed by atoms with E-state index in [1.54, 1.807) is 11.3 Å². The van der Waals surface area contributed by atoms with Gasteiger partial charge in [0.2, 0.25) is 0 Å². The van der Waals surface area contributed by atoms with Gasteiger partial charge in [0.25, 0.3) is 0 Å². The summed E-state index contributed by atoms with van der Waals surface area (Å²) in [6.45, 7) is 2.27. The fourth-order valence-electron chi connectivity index (χ4n) is 2.57. The molecule has 84 valence electrons. The molecule has 0 atom stereocenters. The topological polar surface area (TPSA) is 38.9 Å². The number of nitrogens with zero attached hydrogens (tertiary/aromatic N) is 1. The maximum atomic E-state index is 6.43. The second-order valence-electron chi connectivity index (χ2n) is 4.73. The summed E-state index contributed by atoms with van der Waals surface area (Å²) in [6, 6.07) is 0. The predicted molar refractivity (Wildman–Crippen MR) is 64.8 cm³/mol. The number of rotatable bonds is 3. The lowest BCUT2D eigenvalue weighted by Crippen LogP contribution is -2.40. The second kappa shape index (κ2) is 4.62. The van der Waals surface area contributed by atoms with Crippen molar-refractivity contribution in [2.45, 2.75) is 51.0 Å². The molecule has 2 nitrogen and oxygen atoms in total. The van der Waals surface area contributed by atoms with Crippen molar-refractivity contribution in [3.8, 4) is 0 Å². The lowest BCUT2D eigenvalue weighted by atomic mass is 9.76. The summed E-state index contributed by atoms with van der Waals surface area (Å²) in [7, 11) is 0. The highest BCUT2D eigenvalue weighted by molar-refractivity contribution is 7.09. The molecule has 1 saturated carbocycles. The molecular formula is C12H20N2S. The zero-order valence-corrected chi connectivity index (χ0v) is 10.2. The zero-order valence-electron chi connectivity index (χ0n) is 9.41. The van der Waals surface area contributed by atoms with Crippen molar-refractivity contribution >= 4 is 11.3 Å². The lowest BCUT2D eigenvalue weighted by Gasteiger charge is -2.35. The van der Waals surface area contributed by atoms with Crippen molar-refractivity contribution in [2.24, 2.45) is 11.7 Å². The molecule has 0 bridgehead atoms. The number of thiazole rings is 1. The first-order valence-electron chi connectivity index (χ1n) is 5.93. The Hall–Kier alpha value is -0.410. The predicted octanol–water partition coefficient (Wildman–Crippen LogP) is 3.29. The van der Waals surface area contributed by atoms with Crippen molar-refractivity contribution in [3.05, 3.63) is 16.6 Å². The average molecular weight is 224 g/mol. The minimum Gasteiger partial charge on any atom is -0.319 e. The fraction of sp³-hybridized carbons (Fsp3) is 0.750. The van der Waals surface area contributed by atoms with Crippen LogP contribution in [0.1, 0.15) is 50.5 Å². The van der Waals surface area contributed by atoms with Gasteiger partial charge in [-0.05, 0) is 31.6 Å². The van der Waals surface area contributed by atoms with Crippen LogP contribution in [0.4, 0.5) is 0 Å². The maximum absolute atomic E-state index is 6.43. The van der Waals surface area contributed by atoms with Gasteiger partial charge in [-0.1, -0.05) is 19.8 Å². The molecular weight excluding hydrogens is 204 g/mol. The molecule has 0 radical (unpaired) electrons. The van der Waals surface area contributed by atoms with Gasteiger partial charge in [-0.25, -0.2) is 4.98 Å². The van der Waals surface area contributed by atoms with Crippen molar-refractivity contribution in [3.63, 3.8) is 0 Å². The molecule has 1 aromatic rings. The summed E-state index contributed by atoms with van der Waals surface area (Å²) in [5.74, 6) is 0.909. The number of hydrogen-bond acceptors (Lipinski definition) is 3. The molecule has 2 N–H and O–H groups in total. The third-order valence-corrected chi connectivity index (χ3v) is 4.55. The molecule has 1 heterocycles. The normalized spacial score (nSPS) is 31.7. The summed E-state index contributed by atoms with van der Waals surface area (Å²) in [5, 5.41) is 3.17. The molecule has 3 heteroatoms. The van der Waals surface area contributed by atoms with E-state index in [0.717, 1.165) is 23.8 Å². The Morgan fingerprint density at radius 3 is 2.80 bits per heavy atom. The molecule has 0 aliphatic heterocycles. The summed E-state index contributed by atoms with van der Waals surface area (Å²) in [5.41, 5.74) is 6.32. The SMILES string of the molecule is CCCC1CCC(N)(c2nccs2)CC1. The van der Waals surface area contributed by atoms with Gasteiger partial charge in [0.05, 0.1) is 5.54 Å². The number of hydrogen-bond donors (Lipinski definition) is 1. The molecule has 0 amide bonds.